The third-order valence-electron chi connectivity index (χ3n) is 5.89. The zero-order valence-corrected chi connectivity index (χ0v) is 22.9. The molecule has 0 atom stereocenters. The molecule has 0 saturated carbocycles. The van der Waals surface area contributed by atoms with Crippen LogP contribution in [0.1, 0.15) is 54.0 Å². The molecule has 206 valence electrons. The van der Waals surface area contributed by atoms with Gasteiger partial charge in [0.1, 0.15) is 5.60 Å². The summed E-state index contributed by atoms with van der Waals surface area (Å²) in [6.07, 6.45) is -0.498. The molecule has 4 aromatic rings. The van der Waals surface area contributed by atoms with Crippen molar-refractivity contribution in [1.29, 1.82) is 0 Å². The number of nitrogens with two attached hydrogens (primary N) is 1. The average Bonchev–Trinajstić information content (AvgIpc) is 2.91. The summed E-state index contributed by atoms with van der Waals surface area (Å²) < 4.78 is 15.9. The van der Waals surface area contributed by atoms with E-state index < -0.39 is 23.6 Å². The Morgan fingerprint density at radius 1 is 0.850 bits per heavy atom. The highest BCUT2D eigenvalue weighted by molar-refractivity contribution is 6.04. The zero-order chi connectivity index (χ0) is 28.9. The summed E-state index contributed by atoms with van der Waals surface area (Å²) in [6, 6.07) is 23.4. The van der Waals surface area contributed by atoms with Gasteiger partial charge in [-0.25, -0.2) is 14.4 Å². The predicted molar refractivity (Wildman–Crippen MR) is 154 cm³/mol. The first kappa shape index (κ1) is 28.2. The Kier molecular flexibility index (Phi) is 8.38. The Balaban J connectivity index is 1.61. The number of nitrogen functional groups attached to an aromatic ring is 1. The Morgan fingerprint density at radius 3 is 2.35 bits per heavy atom. The number of nitrogens with one attached hydrogen (secondary N) is 1. The lowest BCUT2D eigenvalue weighted by Crippen LogP contribution is -2.32. The Labute approximate surface area is 233 Å². The van der Waals surface area contributed by atoms with Gasteiger partial charge in [-0.15, -0.1) is 0 Å². The van der Waals surface area contributed by atoms with E-state index in [4.69, 9.17) is 19.9 Å². The van der Waals surface area contributed by atoms with E-state index in [1.54, 1.807) is 19.1 Å². The molecular weight excluding hydrogens is 508 g/mol. The summed E-state index contributed by atoms with van der Waals surface area (Å²) in [6.45, 7) is 7.66. The molecule has 0 heterocycles. The van der Waals surface area contributed by atoms with Crippen LogP contribution in [0.5, 0.6) is 5.75 Å². The topological polar surface area (TPSA) is 117 Å². The average molecular weight is 541 g/mol. The number of amides is 1. The van der Waals surface area contributed by atoms with Crippen molar-refractivity contribution >= 4 is 34.5 Å². The van der Waals surface area contributed by atoms with E-state index in [1.807, 2.05) is 69.3 Å². The number of ether oxygens (including phenoxy) is 3. The second-order valence-corrected chi connectivity index (χ2v) is 10.2. The number of anilines is 1. The van der Waals surface area contributed by atoms with Gasteiger partial charge in [0.05, 0.1) is 23.4 Å². The second-order valence-electron chi connectivity index (χ2n) is 10.2. The van der Waals surface area contributed by atoms with Gasteiger partial charge in [-0.2, -0.15) is 0 Å². The Hall–Kier alpha value is -4.85. The third kappa shape index (κ3) is 6.96. The van der Waals surface area contributed by atoms with E-state index in [1.165, 1.54) is 18.2 Å². The number of hydrogen-bond acceptors (Lipinski definition) is 7. The monoisotopic (exact) mass is 540 g/mol. The predicted octanol–water partition coefficient (Wildman–Crippen LogP) is 6.51. The van der Waals surface area contributed by atoms with Crippen LogP contribution < -0.4 is 15.8 Å². The van der Waals surface area contributed by atoms with Crippen LogP contribution in [-0.2, 0) is 16.0 Å². The number of alkyl carbamates (subject to hydrolysis) is 1. The van der Waals surface area contributed by atoms with E-state index >= 15 is 0 Å². The van der Waals surface area contributed by atoms with E-state index in [9.17, 15) is 14.4 Å². The lowest BCUT2D eigenvalue weighted by atomic mass is 9.94. The quantitative estimate of drug-likeness (QED) is 0.156. The van der Waals surface area contributed by atoms with Crippen LogP contribution in [0.25, 0.3) is 21.9 Å². The smallest absolute Gasteiger partial charge is 0.407 e. The molecule has 4 rings (SSSR count). The van der Waals surface area contributed by atoms with Crippen LogP contribution >= 0.6 is 0 Å². The maximum absolute atomic E-state index is 13.2. The standard InChI is InChI=1S/C32H32N2O6/c1-5-38-29(35)23-13-14-28(27(33)18-23)39-30(36)24-16-22-10-6-7-12-25(22)26(17-24)21-11-8-9-20(15-21)19-34-31(37)40-32(2,3)4/h6-18H,5,19,33H2,1-4H3,(H,34,37). The first-order chi connectivity index (χ1) is 19.0. The number of esters is 2. The van der Waals surface area contributed by atoms with Gasteiger partial charge in [0, 0.05) is 6.54 Å². The van der Waals surface area contributed by atoms with Crippen molar-refractivity contribution in [2.45, 2.75) is 39.8 Å². The fraction of sp³-hybridized carbons (Fsp3) is 0.219. The summed E-state index contributed by atoms with van der Waals surface area (Å²) in [7, 11) is 0. The lowest BCUT2D eigenvalue weighted by molar-refractivity contribution is 0.0514. The molecule has 0 unspecified atom stereocenters. The van der Waals surface area contributed by atoms with E-state index in [0.717, 1.165) is 27.5 Å². The number of fused-ring (bicyclic) bond motifs is 1. The third-order valence-corrected chi connectivity index (χ3v) is 5.89. The molecule has 0 aliphatic heterocycles. The first-order valence-electron chi connectivity index (χ1n) is 12.9. The van der Waals surface area contributed by atoms with Crippen molar-refractivity contribution in [2.75, 3.05) is 12.3 Å². The van der Waals surface area contributed by atoms with Crippen LogP contribution in [0.15, 0.2) is 78.9 Å². The molecule has 0 fully saturated rings. The van der Waals surface area contributed by atoms with Crippen molar-refractivity contribution in [3.63, 3.8) is 0 Å². The number of hydrogen-bond donors (Lipinski definition) is 2. The van der Waals surface area contributed by atoms with Gasteiger partial charge < -0.3 is 25.3 Å². The van der Waals surface area contributed by atoms with Gasteiger partial charge in [0.15, 0.2) is 5.75 Å². The summed E-state index contributed by atoms with van der Waals surface area (Å²) >= 11 is 0. The van der Waals surface area contributed by atoms with Crippen molar-refractivity contribution < 1.29 is 28.6 Å². The number of carbonyl (C=O) groups excluding carboxylic acids is 3. The van der Waals surface area contributed by atoms with Crippen molar-refractivity contribution in [3.05, 3.63) is 95.6 Å². The van der Waals surface area contributed by atoms with Crippen molar-refractivity contribution in [2.24, 2.45) is 0 Å². The van der Waals surface area contributed by atoms with E-state index in [0.29, 0.717) is 5.56 Å². The summed E-state index contributed by atoms with van der Waals surface area (Å²) in [5.41, 5.74) is 8.79. The molecule has 0 radical (unpaired) electrons. The molecule has 3 N–H and O–H groups in total. The van der Waals surface area contributed by atoms with Gasteiger partial charge >= 0.3 is 18.0 Å². The minimum Gasteiger partial charge on any atom is -0.462 e. The molecule has 0 aliphatic rings. The summed E-state index contributed by atoms with van der Waals surface area (Å²) in [5.74, 6) is -0.955. The molecule has 1 amide bonds. The van der Waals surface area contributed by atoms with Crippen LogP contribution in [0, 0.1) is 0 Å². The maximum Gasteiger partial charge on any atom is 0.407 e. The highest BCUT2D eigenvalue weighted by Gasteiger charge is 2.18. The molecule has 0 bridgehead atoms. The van der Waals surface area contributed by atoms with Crippen molar-refractivity contribution in [1.82, 2.24) is 5.32 Å². The minimum absolute atomic E-state index is 0.142. The molecule has 0 aromatic heterocycles. The maximum atomic E-state index is 13.2. The molecule has 4 aromatic carbocycles. The number of rotatable bonds is 7. The molecule has 0 saturated heterocycles. The van der Waals surface area contributed by atoms with E-state index in [-0.39, 0.29) is 30.2 Å². The van der Waals surface area contributed by atoms with Crippen LogP contribution in [0.4, 0.5) is 10.5 Å². The van der Waals surface area contributed by atoms with Crippen LogP contribution in [0.3, 0.4) is 0 Å². The highest BCUT2D eigenvalue weighted by atomic mass is 16.6. The number of carbonyl (C=O) groups is 3. The lowest BCUT2D eigenvalue weighted by Gasteiger charge is -2.19. The minimum atomic E-state index is -0.592. The fourth-order valence-corrected chi connectivity index (χ4v) is 4.15. The molecule has 8 heteroatoms. The van der Waals surface area contributed by atoms with E-state index in [2.05, 4.69) is 5.32 Å². The fourth-order valence-electron chi connectivity index (χ4n) is 4.15. The highest BCUT2D eigenvalue weighted by Crippen LogP contribution is 2.32. The summed E-state index contributed by atoms with van der Waals surface area (Å²) in [5, 5.41) is 4.59. The molecular formula is C32H32N2O6. The van der Waals surface area contributed by atoms with Gasteiger partial charge in [-0.3, -0.25) is 0 Å². The Bertz CT molecular complexity index is 1570. The first-order valence-corrected chi connectivity index (χ1v) is 12.9. The van der Waals surface area contributed by atoms with Crippen LogP contribution in [-0.4, -0.2) is 30.2 Å². The normalized spacial score (nSPS) is 11.1. The second kappa shape index (κ2) is 11.9. The zero-order valence-electron chi connectivity index (χ0n) is 22.9. The molecule has 0 spiro atoms. The molecule has 40 heavy (non-hydrogen) atoms. The van der Waals surface area contributed by atoms with Gasteiger partial charge in [0.25, 0.3) is 0 Å². The molecule has 0 aliphatic carbocycles. The summed E-state index contributed by atoms with van der Waals surface area (Å²) in [4.78, 5) is 37.4. The van der Waals surface area contributed by atoms with Crippen molar-refractivity contribution in [3.8, 4) is 16.9 Å². The Morgan fingerprint density at radius 2 is 1.62 bits per heavy atom. The molecule has 8 nitrogen and oxygen atoms in total. The van der Waals surface area contributed by atoms with Gasteiger partial charge in [0.2, 0.25) is 0 Å². The van der Waals surface area contributed by atoms with Gasteiger partial charge in [-0.05, 0) is 91.6 Å². The SMILES string of the molecule is CCOC(=O)c1ccc(OC(=O)c2cc(-c3cccc(CNC(=O)OC(C)(C)C)c3)c3ccccc3c2)c(N)c1. The van der Waals surface area contributed by atoms with Gasteiger partial charge in [-0.1, -0.05) is 42.5 Å². The largest absolute Gasteiger partial charge is 0.462 e. The number of benzene rings is 4. The van der Waals surface area contributed by atoms with Crippen LogP contribution in [0.2, 0.25) is 0 Å².